The number of piperidine rings is 1. The van der Waals surface area contributed by atoms with Crippen LogP contribution in [0.4, 0.5) is 0 Å². The first-order chi connectivity index (χ1) is 10.1. The monoisotopic (exact) mass is 310 g/mol. The second-order valence-electron chi connectivity index (χ2n) is 5.48. The highest BCUT2D eigenvalue weighted by Gasteiger charge is 2.24. The molecule has 4 N–H and O–H groups in total. The van der Waals surface area contributed by atoms with E-state index in [0.29, 0.717) is 10.8 Å². The summed E-state index contributed by atoms with van der Waals surface area (Å²) in [6.07, 6.45) is 2.17. The van der Waals surface area contributed by atoms with Gasteiger partial charge in [-0.15, -0.1) is 11.3 Å². The van der Waals surface area contributed by atoms with Crippen molar-refractivity contribution >= 4 is 23.2 Å². The van der Waals surface area contributed by atoms with Crippen LogP contribution in [-0.2, 0) is 4.79 Å². The standard InChI is InChI=1S/C14H22N4O2S/c1-10(15)11-4-2-6-18(8-11)9-13(19)16-17-14(20)12-5-3-7-21-12/h3,5,7,10-11H,2,4,6,8-9,15H2,1H3,(H,16,19)(H,17,20). The Kier molecular flexibility index (Phi) is 5.72. The maximum Gasteiger partial charge on any atom is 0.279 e. The number of hydrogen-bond donors (Lipinski definition) is 3. The summed E-state index contributed by atoms with van der Waals surface area (Å²) in [6, 6.07) is 3.65. The van der Waals surface area contributed by atoms with Gasteiger partial charge in [-0.1, -0.05) is 6.07 Å². The van der Waals surface area contributed by atoms with Gasteiger partial charge in [0, 0.05) is 12.6 Å². The first kappa shape index (κ1) is 15.9. The van der Waals surface area contributed by atoms with Crippen molar-refractivity contribution in [1.82, 2.24) is 15.8 Å². The van der Waals surface area contributed by atoms with Crippen molar-refractivity contribution < 1.29 is 9.59 Å². The molecule has 0 radical (unpaired) electrons. The molecule has 0 aliphatic carbocycles. The number of carbonyl (C=O) groups excluding carboxylic acids is 2. The molecule has 1 saturated heterocycles. The minimum absolute atomic E-state index is 0.148. The summed E-state index contributed by atoms with van der Waals surface area (Å²) in [4.78, 5) is 26.2. The van der Waals surface area contributed by atoms with Crippen molar-refractivity contribution in [3.63, 3.8) is 0 Å². The van der Waals surface area contributed by atoms with Crippen LogP contribution in [0.2, 0.25) is 0 Å². The van der Waals surface area contributed by atoms with Crippen molar-refractivity contribution in [2.45, 2.75) is 25.8 Å². The van der Waals surface area contributed by atoms with Gasteiger partial charge in [0.2, 0.25) is 0 Å². The van der Waals surface area contributed by atoms with Crippen LogP contribution in [0, 0.1) is 5.92 Å². The fourth-order valence-electron chi connectivity index (χ4n) is 2.50. The SMILES string of the molecule is CC(N)C1CCCN(CC(=O)NNC(=O)c2cccs2)C1. The summed E-state index contributed by atoms with van der Waals surface area (Å²) in [7, 11) is 0. The Morgan fingerprint density at radius 1 is 1.52 bits per heavy atom. The Labute approximate surface area is 128 Å². The number of carbonyl (C=O) groups is 2. The third-order valence-electron chi connectivity index (χ3n) is 3.71. The zero-order valence-corrected chi connectivity index (χ0v) is 13.0. The smallest absolute Gasteiger partial charge is 0.279 e. The molecule has 1 aromatic rings. The molecule has 1 aromatic heterocycles. The molecule has 0 spiro atoms. The maximum atomic E-state index is 11.9. The van der Waals surface area contributed by atoms with Gasteiger partial charge in [0.05, 0.1) is 11.4 Å². The molecule has 0 saturated carbocycles. The Bertz CT molecular complexity index is 475. The van der Waals surface area contributed by atoms with Crippen molar-refractivity contribution in [3.8, 4) is 0 Å². The number of rotatable bonds is 4. The molecule has 2 unspecified atom stereocenters. The fraction of sp³-hybridized carbons (Fsp3) is 0.571. The van der Waals surface area contributed by atoms with E-state index in [4.69, 9.17) is 5.73 Å². The Balaban J connectivity index is 1.73. The molecule has 1 fully saturated rings. The predicted molar refractivity (Wildman–Crippen MR) is 82.7 cm³/mol. The van der Waals surface area contributed by atoms with Gasteiger partial charge in [-0.25, -0.2) is 0 Å². The van der Waals surface area contributed by atoms with E-state index in [1.54, 1.807) is 12.1 Å². The molecule has 0 bridgehead atoms. The highest BCUT2D eigenvalue weighted by atomic mass is 32.1. The Hall–Kier alpha value is -1.44. The summed E-state index contributed by atoms with van der Waals surface area (Å²) in [5.74, 6) is -0.0528. The highest BCUT2D eigenvalue weighted by Crippen LogP contribution is 2.18. The normalized spacial score (nSPS) is 20.8. The molecular formula is C14H22N4O2S. The molecule has 116 valence electrons. The Morgan fingerprint density at radius 2 is 2.33 bits per heavy atom. The van der Waals surface area contributed by atoms with Gasteiger partial charge in [-0.2, -0.15) is 0 Å². The first-order valence-corrected chi connectivity index (χ1v) is 8.05. The van der Waals surface area contributed by atoms with E-state index in [2.05, 4.69) is 15.8 Å². The fourth-order valence-corrected chi connectivity index (χ4v) is 3.12. The van der Waals surface area contributed by atoms with Gasteiger partial charge in [-0.3, -0.25) is 25.3 Å². The largest absolute Gasteiger partial charge is 0.328 e. The molecule has 1 aliphatic heterocycles. The van der Waals surface area contributed by atoms with E-state index in [1.165, 1.54) is 11.3 Å². The van der Waals surface area contributed by atoms with Crippen molar-refractivity contribution in [1.29, 1.82) is 0 Å². The van der Waals surface area contributed by atoms with E-state index in [1.807, 2.05) is 12.3 Å². The lowest BCUT2D eigenvalue weighted by atomic mass is 9.92. The molecular weight excluding hydrogens is 288 g/mol. The zero-order valence-electron chi connectivity index (χ0n) is 12.2. The summed E-state index contributed by atoms with van der Waals surface area (Å²) < 4.78 is 0. The molecule has 7 heteroatoms. The second-order valence-corrected chi connectivity index (χ2v) is 6.42. The number of amides is 2. The number of likely N-dealkylation sites (tertiary alicyclic amines) is 1. The van der Waals surface area contributed by atoms with E-state index >= 15 is 0 Å². The molecule has 2 heterocycles. The lowest BCUT2D eigenvalue weighted by molar-refractivity contribution is -0.123. The minimum atomic E-state index is -0.287. The number of nitrogens with two attached hydrogens (primary N) is 1. The molecule has 2 amide bonds. The highest BCUT2D eigenvalue weighted by molar-refractivity contribution is 7.12. The maximum absolute atomic E-state index is 11.9. The van der Waals surface area contributed by atoms with Crippen LogP contribution in [0.3, 0.4) is 0 Å². The summed E-state index contributed by atoms with van der Waals surface area (Å²) >= 11 is 1.33. The third-order valence-corrected chi connectivity index (χ3v) is 4.58. The third kappa shape index (κ3) is 4.80. The molecule has 21 heavy (non-hydrogen) atoms. The summed E-state index contributed by atoms with van der Waals surface area (Å²) in [6.45, 7) is 4.03. The van der Waals surface area contributed by atoms with Gasteiger partial charge in [0.15, 0.2) is 0 Å². The van der Waals surface area contributed by atoms with Crippen molar-refractivity contribution in [2.75, 3.05) is 19.6 Å². The van der Waals surface area contributed by atoms with Crippen LogP contribution in [0.25, 0.3) is 0 Å². The molecule has 2 rings (SSSR count). The van der Waals surface area contributed by atoms with E-state index in [-0.39, 0.29) is 24.4 Å². The van der Waals surface area contributed by atoms with Crippen LogP contribution in [0.5, 0.6) is 0 Å². The second kappa shape index (κ2) is 7.53. The first-order valence-electron chi connectivity index (χ1n) is 7.17. The van der Waals surface area contributed by atoms with Crippen LogP contribution in [0.1, 0.15) is 29.4 Å². The topological polar surface area (TPSA) is 87.5 Å². The van der Waals surface area contributed by atoms with E-state index < -0.39 is 0 Å². The van der Waals surface area contributed by atoms with Crippen molar-refractivity contribution in [3.05, 3.63) is 22.4 Å². The molecule has 6 nitrogen and oxygen atoms in total. The number of nitrogens with zero attached hydrogens (tertiary/aromatic N) is 1. The van der Waals surface area contributed by atoms with E-state index in [0.717, 1.165) is 25.9 Å². The Morgan fingerprint density at radius 3 is 3.00 bits per heavy atom. The van der Waals surface area contributed by atoms with Gasteiger partial charge >= 0.3 is 0 Å². The van der Waals surface area contributed by atoms with Crippen LogP contribution >= 0.6 is 11.3 Å². The van der Waals surface area contributed by atoms with Crippen LogP contribution in [0.15, 0.2) is 17.5 Å². The number of thiophene rings is 1. The minimum Gasteiger partial charge on any atom is -0.328 e. The van der Waals surface area contributed by atoms with Gasteiger partial charge in [0.1, 0.15) is 0 Å². The lowest BCUT2D eigenvalue weighted by Crippen LogP contribution is -2.49. The van der Waals surface area contributed by atoms with Crippen LogP contribution in [-0.4, -0.2) is 42.4 Å². The number of nitrogens with one attached hydrogen (secondary N) is 2. The predicted octanol–water partition coefficient (Wildman–Crippen LogP) is 0.568. The van der Waals surface area contributed by atoms with Gasteiger partial charge < -0.3 is 5.73 Å². The molecule has 1 aliphatic rings. The quantitative estimate of drug-likeness (QED) is 0.710. The zero-order chi connectivity index (χ0) is 15.2. The average molecular weight is 310 g/mol. The van der Waals surface area contributed by atoms with Crippen LogP contribution < -0.4 is 16.6 Å². The number of hydrazine groups is 1. The molecule has 2 atom stereocenters. The average Bonchev–Trinajstić information content (AvgIpc) is 2.99. The summed E-state index contributed by atoms with van der Waals surface area (Å²) in [5.41, 5.74) is 10.8. The molecule has 0 aromatic carbocycles. The van der Waals surface area contributed by atoms with Gasteiger partial charge in [0.25, 0.3) is 11.8 Å². The van der Waals surface area contributed by atoms with Gasteiger partial charge in [-0.05, 0) is 43.7 Å². The van der Waals surface area contributed by atoms with E-state index in [9.17, 15) is 9.59 Å². The number of hydrogen-bond acceptors (Lipinski definition) is 5. The lowest BCUT2D eigenvalue weighted by Gasteiger charge is -2.34. The summed E-state index contributed by atoms with van der Waals surface area (Å²) in [5, 5.41) is 1.82. The van der Waals surface area contributed by atoms with Crippen molar-refractivity contribution in [2.24, 2.45) is 11.7 Å².